The molecule has 0 aromatic carbocycles. The van der Waals surface area contributed by atoms with Crippen LogP contribution in [0.25, 0.3) is 0 Å². The highest BCUT2D eigenvalue weighted by Crippen LogP contribution is 1.97. The molecule has 0 rings (SSSR count). The fraction of sp³-hybridized carbons (Fsp3) is 0.833. The lowest BCUT2D eigenvalue weighted by atomic mass is 10.2. The third kappa shape index (κ3) is 6.94. The molecule has 0 aliphatic heterocycles. The van der Waals surface area contributed by atoms with Crippen LogP contribution in [-0.2, 0) is 0 Å². The molecule has 2 nitrogen and oxygen atoms in total. The Kier molecular flexibility index (Phi) is 8.72. The van der Waals surface area contributed by atoms with Crippen molar-refractivity contribution in [3.05, 3.63) is 0 Å². The number of rotatable bonds is 7. The summed E-state index contributed by atoms with van der Waals surface area (Å²) in [6, 6.07) is 0.687. The molecule has 0 aliphatic rings. The van der Waals surface area contributed by atoms with E-state index in [4.69, 9.17) is 0 Å². The molecule has 2 heteroatoms. The molecule has 0 aromatic heterocycles. The quantitative estimate of drug-likeness (QED) is 0.493. The van der Waals surface area contributed by atoms with E-state index in [1.807, 2.05) is 6.92 Å². The van der Waals surface area contributed by atoms with Crippen LogP contribution in [0.4, 0.5) is 0 Å². The summed E-state index contributed by atoms with van der Waals surface area (Å²) >= 11 is 0. The summed E-state index contributed by atoms with van der Waals surface area (Å²) in [6.45, 7) is 9.57. The summed E-state index contributed by atoms with van der Waals surface area (Å²) in [7, 11) is 2.18. The maximum atomic E-state index is 3.39. The molecule has 0 saturated heterocycles. The van der Waals surface area contributed by atoms with Crippen molar-refractivity contribution in [2.24, 2.45) is 0 Å². The van der Waals surface area contributed by atoms with Gasteiger partial charge in [-0.2, -0.15) is 0 Å². The Bertz CT molecular complexity index is 178. The van der Waals surface area contributed by atoms with Crippen molar-refractivity contribution in [3.8, 4) is 11.8 Å². The van der Waals surface area contributed by atoms with Crippen molar-refractivity contribution < 1.29 is 0 Å². The van der Waals surface area contributed by atoms with Crippen LogP contribution in [0.2, 0.25) is 0 Å². The monoisotopic (exact) mass is 196 g/mol. The summed E-state index contributed by atoms with van der Waals surface area (Å²) < 4.78 is 0. The lowest BCUT2D eigenvalue weighted by molar-refractivity contribution is 0.252. The van der Waals surface area contributed by atoms with Gasteiger partial charge in [0.15, 0.2) is 0 Å². The lowest BCUT2D eigenvalue weighted by Crippen LogP contribution is -2.35. The van der Waals surface area contributed by atoms with E-state index in [1.165, 1.54) is 6.42 Å². The Hall–Kier alpha value is -0.520. The van der Waals surface area contributed by atoms with Crippen LogP contribution >= 0.6 is 0 Å². The molecule has 1 atom stereocenters. The van der Waals surface area contributed by atoms with Crippen molar-refractivity contribution in [2.75, 3.05) is 26.7 Å². The van der Waals surface area contributed by atoms with E-state index in [2.05, 4.69) is 43.0 Å². The molecule has 1 unspecified atom stereocenters. The minimum atomic E-state index is 0.687. The average Bonchev–Trinajstić information content (AvgIpc) is 2.21. The summed E-state index contributed by atoms with van der Waals surface area (Å²) in [5.74, 6) is 5.94. The predicted molar refractivity (Wildman–Crippen MR) is 63.3 cm³/mol. The molecule has 1 N–H and O–H groups in total. The number of nitrogens with zero attached hydrogens (tertiary/aromatic N) is 1. The number of likely N-dealkylation sites (N-methyl/N-ethyl adjacent to an activating group) is 1. The van der Waals surface area contributed by atoms with E-state index in [0.29, 0.717) is 6.04 Å². The summed E-state index contributed by atoms with van der Waals surface area (Å²) in [4.78, 5) is 2.39. The predicted octanol–water partition coefficient (Wildman–Crippen LogP) is 1.72. The van der Waals surface area contributed by atoms with Gasteiger partial charge in [-0.15, -0.1) is 11.8 Å². The molecular weight excluding hydrogens is 172 g/mol. The number of hydrogen-bond donors (Lipinski definition) is 1. The smallest absolute Gasteiger partial charge is 0.0214 e. The van der Waals surface area contributed by atoms with Gasteiger partial charge < -0.3 is 10.2 Å². The summed E-state index contributed by atoms with van der Waals surface area (Å²) in [6.07, 6.45) is 2.18. The van der Waals surface area contributed by atoms with E-state index in [9.17, 15) is 0 Å². The van der Waals surface area contributed by atoms with Crippen LogP contribution in [-0.4, -0.2) is 37.6 Å². The Balaban J connectivity index is 3.29. The van der Waals surface area contributed by atoms with E-state index < -0.39 is 0 Å². The van der Waals surface area contributed by atoms with Gasteiger partial charge in [0.1, 0.15) is 0 Å². The molecule has 0 fully saturated rings. The first-order valence-corrected chi connectivity index (χ1v) is 5.53. The molecule has 0 amide bonds. The topological polar surface area (TPSA) is 15.3 Å². The van der Waals surface area contributed by atoms with Crippen LogP contribution < -0.4 is 5.32 Å². The van der Waals surface area contributed by atoms with Crippen molar-refractivity contribution in [2.45, 2.75) is 39.7 Å². The first kappa shape index (κ1) is 13.5. The Morgan fingerprint density at radius 2 is 2.07 bits per heavy atom. The Labute approximate surface area is 89.1 Å². The van der Waals surface area contributed by atoms with Gasteiger partial charge in [-0.1, -0.05) is 6.92 Å². The van der Waals surface area contributed by atoms with Crippen molar-refractivity contribution >= 4 is 0 Å². The first-order valence-electron chi connectivity index (χ1n) is 5.53. The van der Waals surface area contributed by atoms with E-state index >= 15 is 0 Å². The molecular formula is C12H24N2. The second kappa shape index (κ2) is 9.05. The summed E-state index contributed by atoms with van der Waals surface area (Å²) in [5.41, 5.74) is 0. The lowest BCUT2D eigenvalue weighted by Gasteiger charge is -2.23. The van der Waals surface area contributed by atoms with E-state index in [-0.39, 0.29) is 0 Å². The van der Waals surface area contributed by atoms with Crippen LogP contribution in [0.3, 0.4) is 0 Å². The highest BCUT2D eigenvalue weighted by Gasteiger charge is 2.04. The highest BCUT2D eigenvalue weighted by molar-refractivity contribution is 4.95. The average molecular weight is 196 g/mol. The largest absolute Gasteiger partial charge is 0.315 e. The van der Waals surface area contributed by atoms with E-state index in [0.717, 1.165) is 26.1 Å². The maximum absolute atomic E-state index is 3.39. The minimum Gasteiger partial charge on any atom is -0.315 e. The second-order valence-corrected chi connectivity index (χ2v) is 3.66. The molecule has 0 saturated carbocycles. The van der Waals surface area contributed by atoms with Crippen LogP contribution in [0, 0.1) is 11.8 Å². The van der Waals surface area contributed by atoms with Crippen molar-refractivity contribution in [1.82, 2.24) is 10.2 Å². The molecule has 82 valence electrons. The fourth-order valence-electron chi connectivity index (χ4n) is 1.19. The zero-order valence-corrected chi connectivity index (χ0v) is 10.1. The normalized spacial score (nSPS) is 12.4. The number of nitrogens with one attached hydrogen (secondary N) is 1. The molecule has 0 heterocycles. The molecule has 14 heavy (non-hydrogen) atoms. The molecule has 0 spiro atoms. The zero-order valence-electron chi connectivity index (χ0n) is 10.1. The minimum absolute atomic E-state index is 0.687. The first-order chi connectivity index (χ1) is 6.72. The molecule has 0 aliphatic carbocycles. The van der Waals surface area contributed by atoms with Gasteiger partial charge >= 0.3 is 0 Å². The zero-order chi connectivity index (χ0) is 10.8. The molecule has 0 radical (unpaired) electrons. The molecule has 0 bridgehead atoms. The van der Waals surface area contributed by atoms with Gasteiger partial charge in [0.25, 0.3) is 0 Å². The van der Waals surface area contributed by atoms with Gasteiger partial charge in [-0.25, -0.2) is 0 Å². The van der Waals surface area contributed by atoms with Gasteiger partial charge in [0.05, 0.1) is 0 Å². The van der Waals surface area contributed by atoms with Gasteiger partial charge in [0, 0.05) is 32.1 Å². The third-order valence-corrected chi connectivity index (χ3v) is 2.59. The van der Waals surface area contributed by atoms with Crippen molar-refractivity contribution in [3.63, 3.8) is 0 Å². The second-order valence-electron chi connectivity index (χ2n) is 3.66. The van der Waals surface area contributed by atoms with Crippen LogP contribution in [0.5, 0.6) is 0 Å². The van der Waals surface area contributed by atoms with Gasteiger partial charge in [-0.3, -0.25) is 0 Å². The Morgan fingerprint density at radius 3 is 2.64 bits per heavy atom. The van der Waals surface area contributed by atoms with Gasteiger partial charge in [-0.05, 0) is 27.3 Å². The van der Waals surface area contributed by atoms with Gasteiger partial charge in [0.2, 0.25) is 0 Å². The number of hydrogen-bond acceptors (Lipinski definition) is 2. The SMILES string of the molecule is CC#CCCNCCN(C)C(C)CC. The van der Waals surface area contributed by atoms with Crippen LogP contribution in [0.1, 0.15) is 33.6 Å². The fourth-order valence-corrected chi connectivity index (χ4v) is 1.19. The van der Waals surface area contributed by atoms with Crippen molar-refractivity contribution in [1.29, 1.82) is 0 Å². The third-order valence-electron chi connectivity index (χ3n) is 2.59. The summed E-state index contributed by atoms with van der Waals surface area (Å²) in [5, 5.41) is 3.39. The van der Waals surface area contributed by atoms with E-state index in [1.54, 1.807) is 0 Å². The maximum Gasteiger partial charge on any atom is 0.0214 e. The molecule has 0 aromatic rings. The Morgan fingerprint density at radius 1 is 1.36 bits per heavy atom. The standard InChI is InChI=1S/C12H24N2/c1-5-7-8-9-13-10-11-14(4)12(3)6-2/h12-13H,6,8-11H2,1-4H3. The van der Waals surface area contributed by atoms with Crippen LogP contribution in [0.15, 0.2) is 0 Å². The highest BCUT2D eigenvalue weighted by atomic mass is 15.1.